The Morgan fingerprint density at radius 2 is 1.93 bits per heavy atom. The molecule has 0 saturated carbocycles. The van der Waals surface area contributed by atoms with Crippen LogP contribution in [0.4, 0.5) is 0 Å². The van der Waals surface area contributed by atoms with E-state index >= 15 is 0 Å². The molecule has 2 aromatic heterocycles. The maximum absolute atomic E-state index is 13.2. The Bertz CT molecular complexity index is 912. The van der Waals surface area contributed by atoms with E-state index < -0.39 is 0 Å². The summed E-state index contributed by atoms with van der Waals surface area (Å²) in [6.07, 6.45) is 7.87. The molecule has 2 saturated heterocycles. The molecule has 0 aliphatic carbocycles. The molecule has 1 amide bonds. The van der Waals surface area contributed by atoms with Crippen LogP contribution in [0.1, 0.15) is 53.2 Å². The van der Waals surface area contributed by atoms with Crippen LogP contribution in [0.15, 0.2) is 39.9 Å². The van der Waals surface area contributed by atoms with Crippen molar-refractivity contribution in [2.24, 2.45) is 5.92 Å². The van der Waals surface area contributed by atoms with Crippen LogP contribution in [0.3, 0.4) is 0 Å². The average Bonchev–Trinajstić information content (AvgIpc) is 3.25. The van der Waals surface area contributed by atoms with E-state index in [9.17, 15) is 9.59 Å². The minimum Gasteiger partial charge on any atom is -0.472 e. The van der Waals surface area contributed by atoms with Crippen molar-refractivity contribution in [3.05, 3.63) is 57.9 Å². The summed E-state index contributed by atoms with van der Waals surface area (Å²) in [6, 6.07) is 5.88. The third-order valence-corrected chi connectivity index (χ3v) is 6.58. The van der Waals surface area contributed by atoms with Crippen LogP contribution in [0.25, 0.3) is 0 Å². The Balaban J connectivity index is 1.38. The predicted molar refractivity (Wildman–Crippen MR) is 105 cm³/mol. The fraction of sp³-hybridized carbons (Fsp3) is 0.545. The zero-order valence-electron chi connectivity index (χ0n) is 16.2. The molecule has 0 unspecified atom stereocenters. The van der Waals surface area contributed by atoms with Crippen LogP contribution in [-0.4, -0.2) is 46.5 Å². The topological polar surface area (TPSA) is 58.7 Å². The SMILES string of the molecule is O=C(c1ccoc1)N1C[C@@H]2C[C@H](C1)c1ccc(CN3CCCCC3)c(=O)n1C2. The number of furan rings is 1. The summed E-state index contributed by atoms with van der Waals surface area (Å²) in [7, 11) is 0. The zero-order chi connectivity index (χ0) is 19.1. The zero-order valence-corrected chi connectivity index (χ0v) is 16.2. The van der Waals surface area contributed by atoms with Gasteiger partial charge in [0.25, 0.3) is 11.5 Å². The summed E-state index contributed by atoms with van der Waals surface area (Å²) in [4.78, 5) is 30.2. The lowest BCUT2D eigenvalue weighted by atomic mass is 9.82. The fourth-order valence-corrected chi connectivity index (χ4v) is 5.20. The van der Waals surface area contributed by atoms with Crippen molar-refractivity contribution in [1.82, 2.24) is 14.4 Å². The van der Waals surface area contributed by atoms with Crippen molar-refractivity contribution in [3.8, 4) is 0 Å². The second-order valence-corrected chi connectivity index (χ2v) is 8.56. The fourth-order valence-electron chi connectivity index (χ4n) is 5.20. The minimum atomic E-state index is 0.0287. The van der Waals surface area contributed by atoms with Gasteiger partial charge in [0.05, 0.1) is 11.8 Å². The molecule has 0 spiro atoms. The normalized spacial score (nSPS) is 24.8. The molecule has 0 N–H and O–H groups in total. The van der Waals surface area contributed by atoms with Crippen molar-refractivity contribution in [3.63, 3.8) is 0 Å². The van der Waals surface area contributed by atoms with Crippen LogP contribution < -0.4 is 5.56 Å². The first-order valence-electron chi connectivity index (χ1n) is 10.5. The number of piperidine rings is 2. The van der Waals surface area contributed by atoms with Gasteiger partial charge < -0.3 is 13.9 Å². The van der Waals surface area contributed by atoms with E-state index in [1.807, 2.05) is 15.5 Å². The molecule has 6 heteroatoms. The number of pyridine rings is 1. The molecule has 0 aromatic carbocycles. The van der Waals surface area contributed by atoms with Crippen LogP contribution in [-0.2, 0) is 13.1 Å². The van der Waals surface area contributed by atoms with Gasteiger partial charge >= 0.3 is 0 Å². The van der Waals surface area contributed by atoms with Gasteiger partial charge in [0, 0.05) is 43.4 Å². The first-order chi connectivity index (χ1) is 13.7. The molecular formula is C22H27N3O3. The second-order valence-electron chi connectivity index (χ2n) is 8.56. The molecule has 0 radical (unpaired) electrons. The molecule has 148 valence electrons. The molecule has 2 atom stereocenters. The second kappa shape index (κ2) is 7.24. The molecule has 6 nitrogen and oxygen atoms in total. The van der Waals surface area contributed by atoms with Gasteiger partial charge in [0.1, 0.15) is 6.26 Å². The van der Waals surface area contributed by atoms with Crippen LogP contribution >= 0.6 is 0 Å². The monoisotopic (exact) mass is 381 g/mol. The number of rotatable bonds is 3. The number of carbonyl (C=O) groups excluding carboxylic acids is 1. The number of hydrogen-bond donors (Lipinski definition) is 0. The van der Waals surface area contributed by atoms with Gasteiger partial charge in [-0.25, -0.2) is 0 Å². The van der Waals surface area contributed by atoms with Gasteiger partial charge in [-0.2, -0.15) is 0 Å². The van der Waals surface area contributed by atoms with Crippen LogP contribution in [0.2, 0.25) is 0 Å². The third kappa shape index (κ3) is 3.20. The summed E-state index contributed by atoms with van der Waals surface area (Å²) in [5.41, 5.74) is 2.78. The largest absolute Gasteiger partial charge is 0.472 e. The van der Waals surface area contributed by atoms with Gasteiger partial charge in [-0.05, 0) is 50.4 Å². The van der Waals surface area contributed by atoms with Crippen molar-refractivity contribution >= 4 is 5.91 Å². The lowest BCUT2D eigenvalue weighted by molar-refractivity contribution is 0.0593. The number of likely N-dealkylation sites (tertiary alicyclic amines) is 2. The number of carbonyl (C=O) groups is 1. The first kappa shape index (κ1) is 17.7. The van der Waals surface area contributed by atoms with Crippen molar-refractivity contribution in [1.29, 1.82) is 0 Å². The van der Waals surface area contributed by atoms with Crippen molar-refractivity contribution in [2.45, 2.75) is 44.7 Å². The van der Waals surface area contributed by atoms with Gasteiger partial charge in [0.15, 0.2) is 0 Å². The average molecular weight is 381 g/mol. The highest BCUT2D eigenvalue weighted by molar-refractivity contribution is 5.94. The van der Waals surface area contributed by atoms with Gasteiger partial charge in [0.2, 0.25) is 0 Å². The standard InChI is InChI=1S/C22H27N3O3/c26-21(18-6-9-28-15-18)24-11-16-10-19(14-24)20-5-4-17(22(27)25(20)12-16)13-23-7-2-1-3-8-23/h4-6,9,15-16,19H,1-3,7-8,10-14H2/t16-,19+/m0/s1. The third-order valence-electron chi connectivity index (χ3n) is 6.58. The Labute approximate surface area is 164 Å². The molecule has 5 rings (SSSR count). The van der Waals surface area contributed by atoms with Crippen LogP contribution in [0, 0.1) is 5.92 Å². The highest BCUT2D eigenvalue weighted by Crippen LogP contribution is 2.35. The molecule has 2 aromatic rings. The molecule has 5 heterocycles. The summed E-state index contributed by atoms with van der Waals surface area (Å²) in [5.74, 6) is 0.603. The van der Waals surface area contributed by atoms with Crippen molar-refractivity contribution < 1.29 is 9.21 Å². The van der Waals surface area contributed by atoms with E-state index in [1.165, 1.54) is 31.8 Å². The predicted octanol–water partition coefficient (Wildman–Crippen LogP) is 2.69. The number of aromatic nitrogens is 1. The Kier molecular flexibility index (Phi) is 4.59. The van der Waals surface area contributed by atoms with E-state index in [0.29, 0.717) is 31.1 Å². The summed E-state index contributed by atoms with van der Waals surface area (Å²) >= 11 is 0. The highest BCUT2D eigenvalue weighted by Gasteiger charge is 2.37. The van der Waals surface area contributed by atoms with Gasteiger partial charge in [-0.15, -0.1) is 0 Å². The van der Waals surface area contributed by atoms with Gasteiger partial charge in [-0.3, -0.25) is 14.5 Å². The van der Waals surface area contributed by atoms with Crippen LogP contribution in [0.5, 0.6) is 0 Å². The maximum atomic E-state index is 13.2. The molecule has 28 heavy (non-hydrogen) atoms. The molecule has 3 aliphatic rings. The van der Waals surface area contributed by atoms with E-state index in [4.69, 9.17) is 4.42 Å². The maximum Gasteiger partial charge on any atom is 0.257 e. The highest BCUT2D eigenvalue weighted by atomic mass is 16.3. The molecular weight excluding hydrogens is 354 g/mol. The Morgan fingerprint density at radius 1 is 1.07 bits per heavy atom. The summed E-state index contributed by atoms with van der Waals surface area (Å²) in [6.45, 7) is 5.05. The van der Waals surface area contributed by atoms with E-state index in [1.54, 1.807) is 6.07 Å². The number of nitrogens with zero attached hydrogens (tertiary/aromatic N) is 3. The number of hydrogen-bond acceptors (Lipinski definition) is 4. The Morgan fingerprint density at radius 3 is 2.71 bits per heavy atom. The first-order valence-corrected chi connectivity index (χ1v) is 10.5. The quantitative estimate of drug-likeness (QED) is 0.820. The number of amides is 1. The lowest BCUT2D eigenvalue weighted by Gasteiger charge is -2.43. The molecule has 2 bridgehead atoms. The van der Waals surface area contributed by atoms with Gasteiger partial charge in [-0.1, -0.05) is 12.5 Å². The minimum absolute atomic E-state index is 0.0287. The molecule has 2 fully saturated rings. The van der Waals surface area contributed by atoms with E-state index in [-0.39, 0.29) is 17.4 Å². The van der Waals surface area contributed by atoms with Crippen molar-refractivity contribution in [2.75, 3.05) is 26.2 Å². The summed E-state index contributed by atoms with van der Waals surface area (Å²) < 4.78 is 7.07. The van der Waals surface area contributed by atoms with E-state index in [2.05, 4.69) is 11.0 Å². The number of fused-ring (bicyclic) bond motifs is 4. The summed E-state index contributed by atoms with van der Waals surface area (Å²) in [5, 5.41) is 0. The van der Waals surface area contributed by atoms with E-state index in [0.717, 1.165) is 37.3 Å². The Hall–Kier alpha value is -2.34. The lowest BCUT2D eigenvalue weighted by Crippen LogP contribution is -2.49. The molecule has 3 aliphatic heterocycles. The smallest absolute Gasteiger partial charge is 0.257 e.